The second-order valence-corrected chi connectivity index (χ2v) is 5.99. The summed E-state index contributed by atoms with van der Waals surface area (Å²) in [7, 11) is 0. The van der Waals surface area contributed by atoms with Gasteiger partial charge in [0.25, 0.3) is 0 Å². The summed E-state index contributed by atoms with van der Waals surface area (Å²) in [5.74, 6) is 1.24. The van der Waals surface area contributed by atoms with Crippen LogP contribution in [0.1, 0.15) is 50.6 Å². The topological polar surface area (TPSA) is 41.3 Å². The maximum absolute atomic E-state index is 5.51. The SMILES string of the molecule is CC(C)c1nc(CN2CC[C@H]3CC[C@@H](C2)N3)co1. The smallest absolute Gasteiger partial charge is 0.196 e. The average molecular weight is 249 g/mol. The molecule has 0 spiro atoms. The molecule has 100 valence electrons. The zero-order chi connectivity index (χ0) is 12.5. The molecule has 2 atom stereocenters. The van der Waals surface area contributed by atoms with Crippen molar-refractivity contribution in [3.8, 4) is 0 Å². The predicted molar refractivity (Wildman–Crippen MR) is 70.4 cm³/mol. The number of hydrogen-bond donors (Lipinski definition) is 1. The number of nitrogens with zero attached hydrogens (tertiary/aromatic N) is 2. The van der Waals surface area contributed by atoms with Crippen LogP contribution in [-0.2, 0) is 6.54 Å². The van der Waals surface area contributed by atoms with E-state index in [9.17, 15) is 0 Å². The van der Waals surface area contributed by atoms with E-state index in [1.165, 1.54) is 25.8 Å². The van der Waals surface area contributed by atoms with Crippen molar-refractivity contribution < 1.29 is 4.42 Å². The van der Waals surface area contributed by atoms with Crippen LogP contribution in [0.4, 0.5) is 0 Å². The molecule has 0 unspecified atom stereocenters. The van der Waals surface area contributed by atoms with Gasteiger partial charge in [-0.25, -0.2) is 4.98 Å². The summed E-state index contributed by atoms with van der Waals surface area (Å²) in [6.45, 7) is 7.49. The maximum atomic E-state index is 5.51. The Bertz CT molecular complexity index is 401. The van der Waals surface area contributed by atoms with Crippen LogP contribution in [0.5, 0.6) is 0 Å². The molecule has 2 fully saturated rings. The van der Waals surface area contributed by atoms with Crippen molar-refractivity contribution in [2.24, 2.45) is 0 Å². The summed E-state index contributed by atoms with van der Waals surface area (Å²) in [5, 5.41) is 3.71. The molecule has 2 saturated heterocycles. The Morgan fingerprint density at radius 1 is 1.39 bits per heavy atom. The first-order valence-electron chi connectivity index (χ1n) is 7.13. The van der Waals surface area contributed by atoms with Gasteiger partial charge in [0.2, 0.25) is 0 Å². The van der Waals surface area contributed by atoms with E-state index in [2.05, 4.69) is 29.0 Å². The maximum Gasteiger partial charge on any atom is 0.196 e. The normalized spacial score (nSPS) is 28.8. The molecule has 0 radical (unpaired) electrons. The summed E-state index contributed by atoms with van der Waals surface area (Å²) >= 11 is 0. The number of fused-ring (bicyclic) bond motifs is 2. The van der Waals surface area contributed by atoms with Crippen molar-refractivity contribution in [1.82, 2.24) is 15.2 Å². The first-order chi connectivity index (χ1) is 8.70. The molecule has 2 bridgehead atoms. The van der Waals surface area contributed by atoms with Crippen molar-refractivity contribution >= 4 is 0 Å². The molecule has 18 heavy (non-hydrogen) atoms. The monoisotopic (exact) mass is 249 g/mol. The van der Waals surface area contributed by atoms with Crippen LogP contribution in [0, 0.1) is 0 Å². The van der Waals surface area contributed by atoms with Crippen LogP contribution >= 0.6 is 0 Å². The van der Waals surface area contributed by atoms with Gasteiger partial charge in [-0.3, -0.25) is 4.90 Å². The lowest BCUT2D eigenvalue weighted by atomic mass is 10.1. The Balaban J connectivity index is 1.61. The zero-order valence-corrected chi connectivity index (χ0v) is 11.4. The van der Waals surface area contributed by atoms with E-state index in [4.69, 9.17) is 4.42 Å². The summed E-state index contributed by atoms with van der Waals surface area (Å²) < 4.78 is 5.51. The largest absolute Gasteiger partial charge is 0.448 e. The third-order valence-electron chi connectivity index (χ3n) is 4.06. The minimum absolute atomic E-state index is 0.376. The quantitative estimate of drug-likeness (QED) is 0.891. The first kappa shape index (κ1) is 12.2. The van der Waals surface area contributed by atoms with Crippen molar-refractivity contribution in [3.05, 3.63) is 17.8 Å². The van der Waals surface area contributed by atoms with Gasteiger partial charge in [-0.1, -0.05) is 13.8 Å². The van der Waals surface area contributed by atoms with Crippen LogP contribution in [0.3, 0.4) is 0 Å². The molecule has 0 amide bonds. The van der Waals surface area contributed by atoms with Gasteiger partial charge >= 0.3 is 0 Å². The van der Waals surface area contributed by atoms with Crippen LogP contribution in [-0.4, -0.2) is 35.1 Å². The second-order valence-electron chi connectivity index (χ2n) is 5.99. The van der Waals surface area contributed by atoms with Gasteiger partial charge in [-0.15, -0.1) is 0 Å². The number of nitrogens with one attached hydrogen (secondary N) is 1. The number of oxazole rings is 1. The van der Waals surface area contributed by atoms with Crippen LogP contribution in [0.15, 0.2) is 10.7 Å². The molecule has 2 aliphatic rings. The summed E-state index contributed by atoms with van der Waals surface area (Å²) in [6.07, 6.45) is 5.79. The highest BCUT2D eigenvalue weighted by molar-refractivity contribution is 5.00. The Morgan fingerprint density at radius 2 is 2.22 bits per heavy atom. The molecule has 0 aromatic carbocycles. The van der Waals surface area contributed by atoms with Gasteiger partial charge in [0, 0.05) is 37.6 Å². The molecule has 0 aliphatic carbocycles. The summed E-state index contributed by atoms with van der Waals surface area (Å²) in [6, 6.07) is 1.44. The Labute approximate surface area is 109 Å². The van der Waals surface area contributed by atoms with E-state index in [1.807, 2.05) is 6.26 Å². The van der Waals surface area contributed by atoms with Crippen molar-refractivity contribution in [1.29, 1.82) is 0 Å². The number of hydrogen-bond acceptors (Lipinski definition) is 4. The van der Waals surface area contributed by atoms with E-state index >= 15 is 0 Å². The standard InChI is InChI=1S/C14H23N3O/c1-10(2)14-16-13(9-18-14)8-17-6-5-11-3-4-12(7-17)15-11/h9-12,15H,3-8H2,1-2H3/t11-,12+/m1/s1. The van der Waals surface area contributed by atoms with E-state index in [-0.39, 0.29) is 0 Å². The molecule has 3 rings (SSSR count). The van der Waals surface area contributed by atoms with Gasteiger partial charge in [0.1, 0.15) is 6.26 Å². The highest BCUT2D eigenvalue weighted by Gasteiger charge is 2.29. The fourth-order valence-electron chi connectivity index (χ4n) is 3.05. The van der Waals surface area contributed by atoms with Gasteiger partial charge in [0.15, 0.2) is 5.89 Å². The molecule has 0 saturated carbocycles. The molecule has 1 aromatic heterocycles. The molecule has 2 aliphatic heterocycles. The van der Waals surface area contributed by atoms with Gasteiger partial charge in [-0.2, -0.15) is 0 Å². The summed E-state index contributed by atoms with van der Waals surface area (Å²) in [4.78, 5) is 7.08. The average Bonchev–Trinajstić information content (AvgIpc) is 2.89. The zero-order valence-electron chi connectivity index (χ0n) is 11.4. The number of rotatable bonds is 3. The Kier molecular flexibility index (Phi) is 3.39. The molecule has 3 heterocycles. The molecule has 1 N–H and O–H groups in total. The van der Waals surface area contributed by atoms with Crippen LogP contribution < -0.4 is 5.32 Å². The minimum atomic E-state index is 0.376. The predicted octanol–water partition coefficient (Wildman–Crippen LogP) is 2.12. The van der Waals surface area contributed by atoms with Crippen LogP contribution in [0.25, 0.3) is 0 Å². The lowest BCUT2D eigenvalue weighted by Gasteiger charge is -2.22. The van der Waals surface area contributed by atoms with Gasteiger partial charge in [0.05, 0.1) is 5.69 Å². The molecular formula is C14H23N3O. The number of aromatic nitrogens is 1. The van der Waals surface area contributed by atoms with Crippen molar-refractivity contribution in [3.63, 3.8) is 0 Å². The second kappa shape index (κ2) is 5.02. The Morgan fingerprint density at radius 3 is 3.00 bits per heavy atom. The lowest BCUT2D eigenvalue weighted by Crippen LogP contribution is -2.35. The molecular weight excluding hydrogens is 226 g/mol. The molecule has 4 heteroatoms. The fraction of sp³-hybridized carbons (Fsp3) is 0.786. The van der Waals surface area contributed by atoms with E-state index in [0.29, 0.717) is 12.0 Å². The number of likely N-dealkylation sites (tertiary alicyclic amines) is 1. The summed E-state index contributed by atoms with van der Waals surface area (Å²) in [5.41, 5.74) is 1.08. The van der Waals surface area contributed by atoms with Gasteiger partial charge in [-0.05, 0) is 19.3 Å². The van der Waals surface area contributed by atoms with Crippen molar-refractivity contribution in [2.45, 2.75) is 57.7 Å². The minimum Gasteiger partial charge on any atom is -0.448 e. The fourth-order valence-corrected chi connectivity index (χ4v) is 3.05. The van der Waals surface area contributed by atoms with E-state index in [0.717, 1.165) is 30.7 Å². The first-order valence-corrected chi connectivity index (χ1v) is 7.13. The van der Waals surface area contributed by atoms with Crippen LogP contribution in [0.2, 0.25) is 0 Å². The third kappa shape index (κ3) is 2.59. The highest BCUT2D eigenvalue weighted by Crippen LogP contribution is 2.22. The Hall–Kier alpha value is -0.870. The van der Waals surface area contributed by atoms with Gasteiger partial charge < -0.3 is 9.73 Å². The van der Waals surface area contributed by atoms with Crippen molar-refractivity contribution in [2.75, 3.05) is 13.1 Å². The molecule has 4 nitrogen and oxygen atoms in total. The van der Waals surface area contributed by atoms with E-state index < -0.39 is 0 Å². The molecule has 1 aromatic rings. The third-order valence-corrected chi connectivity index (χ3v) is 4.06. The van der Waals surface area contributed by atoms with E-state index in [1.54, 1.807) is 0 Å². The lowest BCUT2D eigenvalue weighted by molar-refractivity contribution is 0.248. The highest BCUT2D eigenvalue weighted by atomic mass is 16.3.